The van der Waals surface area contributed by atoms with Crippen molar-refractivity contribution in [1.82, 2.24) is 0 Å². The van der Waals surface area contributed by atoms with Crippen LogP contribution in [0.2, 0.25) is 0 Å². The van der Waals surface area contributed by atoms with Crippen LogP contribution >= 0.6 is 23.2 Å². The van der Waals surface area contributed by atoms with E-state index in [1.54, 1.807) is 12.1 Å². The van der Waals surface area contributed by atoms with Gasteiger partial charge in [0.15, 0.2) is 0 Å². The zero-order valence-electron chi connectivity index (χ0n) is 9.72. The molecule has 1 rings (SSSR count). The van der Waals surface area contributed by atoms with Gasteiger partial charge in [-0.05, 0) is 12.1 Å². The lowest BCUT2D eigenvalue weighted by Gasteiger charge is -2.42. The fraction of sp³-hybridized carbons (Fsp3) is 0.455. The van der Waals surface area contributed by atoms with Crippen LogP contribution in [0.5, 0.6) is 0 Å². The van der Waals surface area contributed by atoms with Gasteiger partial charge in [0.25, 0.3) is 5.69 Å². The van der Waals surface area contributed by atoms with Crippen molar-refractivity contribution in [1.29, 1.82) is 0 Å². The van der Waals surface area contributed by atoms with Crippen LogP contribution in [0.3, 0.4) is 0 Å². The van der Waals surface area contributed by atoms with E-state index >= 15 is 0 Å². The standard InChI is InChI=1S/C11H14Cl2N2O3/c12-5-7-15(18,8-6-13)9-10-1-3-11(4-2-10)14(16)17/h1-4H,5-9H2. The van der Waals surface area contributed by atoms with Crippen molar-refractivity contribution in [3.8, 4) is 0 Å². The summed E-state index contributed by atoms with van der Waals surface area (Å²) in [5.41, 5.74) is 0.753. The van der Waals surface area contributed by atoms with Gasteiger partial charge in [0.05, 0.1) is 29.8 Å². The first-order valence-electron chi connectivity index (χ1n) is 5.43. The van der Waals surface area contributed by atoms with E-state index in [2.05, 4.69) is 0 Å². The smallest absolute Gasteiger partial charge is 0.269 e. The van der Waals surface area contributed by atoms with Gasteiger partial charge < -0.3 is 9.85 Å². The molecular formula is C11H14Cl2N2O3. The quantitative estimate of drug-likeness (QED) is 0.336. The highest BCUT2D eigenvalue weighted by Crippen LogP contribution is 2.17. The molecule has 100 valence electrons. The molecular weight excluding hydrogens is 279 g/mol. The lowest BCUT2D eigenvalue weighted by atomic mass is 10.2. The number of nitrogens with zero attached hydrogens (tertiary/aromatic N) is 2. The van der Waals surface area contributed by atoms with E-state index in [4.69, 9.17) is 23.2 Å². The van der Waals surface area contributed by atoms with Crippen LogP contribution in [0, 0.1) is 15.3 Å². The zero-order chi connectivity index (χ0) is 13.6. The molecule has 0 unspecified atom stereocenters. The largest absolute Gasteiger partial charge is 0.632 e. The summed E-state index contributed by atoms with van der Waals surface area (Å²) in [4.78, 5) is 10.0. The summed E-state index contributed by atoms with van der Waals surface area (Å²) in [7, 11) is 0. The Morgan fingerprint density at radius 3 is 2.00 bits per heavy atom. The second-order valence-electron chi connectivity index (χ2n) is 3.96. The fourth-order valence-corrected chi connectivity index (χ4v) is 2.25. The van der Waals surface area contributed by atoms with Crippen LogP contribution in [0.1, 0.15) is 5.56 Å². The molecule has 0 bridgehead atoms. The van der Waals surface area contributed by atoms with Crippen LogP contribution in [0.4, 0.5) is 5.69 Å². The number of nitro benzene ring substituents is 1. The van der Waals surface area contributed by atoms with Crippen molar-refractivity contribution in [2.75, 3.05) is 24.8 Å². The first-order valence-corrected chi connectivity index (χ1v) is 6.50. The summed E-state index contributed by atoms with van der Waals surface area (Å²) in [6, 6.07) is 5.96. The summed E-state index contributed by atoms with van der Waals surface area (Å²) in [5.74, 6) is 0.515. The lowest BCUT2D eigenvalue weighted by molar-refractivity contribution is -0.889. The summed E-state index contributed by atoms with van der Waals surface area (Å²) in [6.45, 7) is 0.758. The highest BCUT2D eigenvalue weighted by Gasteiger charge is 2.17. The Hall–Kier alpha value is -0.880. The molecule has 0 saturated heterocycles. The van der Waals surface area contributed by atoms with E-state index in [0.717, 1.165) is 5.56 Å². The van der Waals surface area contributed by atoms with Crippen LogP contribution < -0.4 is 0 Å². The summed E-state index contributed by atoms with van der Waals surface area (Å²) in [5, 5.41) is 22.8. The molecule has 0 amide bonds. The van der Waals surface area contributed by atoms with E-state index < -0.39 is 9.57 Å². The van der Waals surface area contributed by atoms with Gasteiger partial charge in [-0.1, -0.05) is 0 Å². The molecule has 0 N–H and O–H groups in total. The highest BCUT2D eigenvalue weighted by atomic mass is 35.5. The number of benzene rings is 1. The molecule has 0 aliphatic carbocycles. The Labute approximate surface area is 115 Å². The number of hydrogen-bond acceptors (Lipinski definition) is 3. The van der Waals surface area contributed by atoms with Crippen molar-refractivity contribution in [3.05, 3.63) is 45.2 Å². The van der Waals surface area contributed by atoms with Crippen molar-refractivity contribution in [2.45, 2.75) is 6.54 Å². The molecule has 7 heteroatoms. The average molecular weight is 293 g/mol. The molecule has 5 nitrogen and oxygen atoms in total. The van der Waals surface area contributed by atoms with E-state index in [1.165, 1.54) is 12.1 Å². The molecule has 0 radical (unpaired) electrons. The molecule has 0 aromatic heterocycles. The van der Waals surface area contributed by atoms with Crippen LogP contribution in [0.15, 0.2) is 24.3 Å². The van der Waals surface area contributed by atoms with Crippen LogP contribution in [-0.2, 0) is 6.54 Å². The van der Waals surface area contributed by atoms with Gasteiger partial charge in [-0.25, -0.2) is 0 Å². The number of alkyl halides is 2. The zero-order valence-corrected chi connectivity index (χ0v) is 11.2. The minimum absolute atomic E-state index is 0.0115. The minimum atomic E-state index is -0.509. The molecule has 0 heterocycles. The molecule has 1 aromatic carbocycles. The molecule has 0 fully saturated rings. The van der Waals surface area contributed by atoms with Gasteiger partial charge in [-0.15, -0.1) is 23.2 Å². The normalized spacial score (nSPS) is 11.5. The summed E-state index contributed by atoms with van der Waals surface area (Å²) >= 11 is 11.2. The van der Waals surface area contributed by atoms with E-state index in [-0.39, 0.29) is 37.1 Å². The van der Waals surface area contributed by atoms with Gasteiger partial charge in [0.2, 0.25) is 0 Å². The van der Waals surface area contributed by atoms with Gasteiger partial charge in [-0.3, -0.25) is 10.1 Å². The topological polar surface area (TPSA) is 66.2 Å². The number of halogens is 2. The number of non-ortho nitro benzene ring substituents is 1. The molecule has 18 heavy (non-hydrogen) atoms. The third-order valence-corrected chi connectivity index (χ3v) is 2.94. The minimum Gasteiger partial charge on any atom is -0.632 e. The molecule has 0 aliphatic rings. The van der Waals surface area contributed by atoms with Gasteiger partial charge in [-0.2, -0.15) is 0 Å². The Morgan fingerprint density at radius 2 is 1.61 bits per heavy atom. The maximum absolute atomic E-state index is 12.3. The Balaban J connectivity index is 2.77. The Morgan fingerprint density at radius 1 is 1.11 bits per heavy atom. The molecule has 1 aromatic rings. The third-order valence-electron chi connectivity index (χ3n) is 2.60. The Bertz CT molecular complexity index is 392. The van der Waals surface area contributed by atoms with Crippen molar-refractivity contribution in [3.63, 3.8) is 0 Å². The predicted octanol–water partition coefficient (Wildman–Crippen LogP) is 2.89. The average Bonchev–Trinajstić information content (AvgIpc) is 2.30. The first-order chi connectivity index (χ1) is 8.50. The number of quaternary nitrogens is 1. The van der Waals surface area contributed by atoms with Crippen LogP contribution in [-0.4, -0.2) is 34.4 Å². The van der Waals surface area contributed by atoms with Crippen molar-refractivity contribution < 1.29 is 9.57 Å². The molecule has 0 spiro atoms. The van der Waals surface area contributed by atoms with E-state index in [9.17, 15) is 15.3 Å². The van der Waals surface area contributed by atoms with Crippen molar-refractivity contribution in [2.24, 2.45) is 0 Å². The van der Waals surface area contributed by atoms with Gasteiger partial charge in [0, 0.05) is 17.7 Å². The number of hydrogen-bond donors (Lipinski definition) is 0. The van der Waals surface area contributed by atoms with E-state index in [1.807, 2.05) is 0 Å². The Kier molecular flexibility index (Phi) is 5.81. The predicted molar refractivity (Wildman–Crippen MR) is 71.6 cm³/mol. The fourth-order valence-electron chi connectivity index (χ4n) is 1.63. The third kappa shape index (κ3) is 4.42. The number of nitro groups is 1. The second-order valence-corrected chi connectivity index (χ2v) is 4.72. The van der Waals surface area contributed by atoms with Gasteiger partial charge >= 0.3 is 0 Å². The molecule has 0 saturated carbocycles. The van der Waals surface area contributed by atoms with Gasteiger partial charge in [0.1, 0.15) is 6.54 Å². The lowest BCUT2D eigenvalue weighted by Crippen LogP contribution is -2.44. The summed E-state index contributed by atoms with van der Waals surface area (Å²) in [6.07, 6.45) is 0. The van der Waals surface area contributed by atoms with Crippen molar-refractivity contribution >= 4 is 28.9 Å². The second kappa shape index (κ2) is 6.89. The maximum atomic E-state index is 12.3. The summed E-state index contributed by atoms with van der Waals surface area (Å²) < 4.78 is -0.509. The number of rotatable bonds is 7. The molecule has 0 aliphatic heterocycles. The first kappa shape index (κ1) is 15.2. The highest BCUT2D eigenvalue weighted by molar-refractivity contribution is 6.18. The van der Waals surface area contributed by atoms with E-state index in [0.29, 0.717) is 0 Å². The van der Waals surface area contributed by atoms with Crippen LogP contribution in [0.25, 0.3) is 0 Å². The monoisotopic (exact) mass is 292 g/mol. The SMILES string of the molecule is O=[N+]([O-])c1ccc(C[N+]([O-])(CCCl)CCCl)cc1. The maximum Gasteiger partial charge on any atom is 0.269 e. The molecule has 0 atom stereocenters. The number of hydroxylamine groups is 3.